The van der Waals surface area contributed by atoms with E-state index >= 15 is 0 Å². The third kappa shape index (κ3) is 3.13. The second-order valence-corrected chi connectivity index (χ2v) is 5.05. The molecule has 0 unspecified atom stereocenters. The summed E-state index contributed by atoms with van der Waals surface area (Å²) in [5.41, 5.74) is 3.89. The molecule has 0 bridgehead atoms. The van der Waals surface area contributed by atoms with Crippen LogP contribution >= 0.6 is 0 Å². The van der Waals surface area contributed by atoms with Crippen LogP contribution in [0.25, 0.3) is 22.4 Å². The van der Waals surface area contributed by atoms with Crippen LogP contribution in [0.5, 0.6) is 0 Å². The highest BCUT2D eigenvalue weighted by Crippen LogP contribution is 2.29. The second kappa shape index (κ2) is 6.44. The van der Waals surface area contributed by atoms with Crippen molar-refractivity contribution in [3.63, 3.8) is 0 Å². The van der Waals surface area contributed by atoms with Gasteiger partial charge in [-0.25, -0.2) is 9.37 Å². The molecule has 2 heterocycles. The Hall–Kier alpha value is -2.95. The number of pyridine rings is 2. The van der Waals surface area contributed by atoms with Crippen LogP contribution < -0.4 is 10.6 Å². The summed E-state index contributed by atoms with van der Waals surface area (Å²) in [7, 11) is 3.62. The summed E-state index contributed by atoms with van der Waals surface area (Å²) in [5, 5.41) is 6.03. The number of nitrogens with zero attached hydrogens (tertiary/aromatic N) is 2. The van der Waals surface area contributed by atoms with Gasteiger partial charge in [-0.15, -0.1) is 0 Å². The lowest BCUT2D eigenvalue weighted by molar-refractivity contribution is 0.631. The van der Waals surface area contributed by atoms with Crippen molar-refractivity contribution in [2.24, 2.45) is 0 Å². The predicted molar refractivity (Wildman–Crippen MR) is 92.0 cm³/mol. The largest absolute Gasteiger partial charge is 0.388 e. The minimum absolute atomic E-state index is 0.258. The number of anilines is 2. The number of hydrogen-bond acceptors (Lipinski definition) is 4. The summed E-state index contributed by atoms with van der Waals surface area (Å²) in [6.45, 7) is 0. The molecule has 0 aliphatic heterocycles. The van der Waals surface area contributed by atoms with Crippen LogP contribution in [0.4, 0.5) is 15.9 Å². The number of nitrogens with one attached hydrogen (secondary N) is 2. The minimum atomic E-state index is -0.258. The molecule has 0 atom stereocenters. The Morgan fingerprint density at radius 3 is 2.39 bits per heavy atom. The van der Waals surface area contributed by atoms with Gasteiger partial charge in [0.15, 0.2) is 0 Å². The van der Waals surface area contributed by atoms with Crippen LogP contribution in [-0.2, 0) is 0 Å². The molecule has 2 aromatic heterocycles. The first-order valence-electron chi connectivity index (χ1n) is 7.29. The lowest BCUT2D eigenvalue weighted by Crippen LogP contribution is -1.94. The molecule has 0 amide bonds. The van der Waals surface area contributed by atoms with E-state index in [1.54, 1.807) is 24.5 Å². The maximum atomic E-state index is 14.2. The zero-order valence-electron chi connectivity index (χ0n) is 13.0. The van der Waals surface area contributed by atoms with Gasteiger partial charge in [-0.2, -0.15) is 0 Å². The van der Waals surface area contributed by atoms with Crippen molar-refractivity contribution in [1.29, 1.82) is 0 Å². The lowest BCUT2D eigenvalue weighted by atomic mass is 10.0. The van der Waals surface area contributed by atoms with Gasteiger partial charge < -0.3 is 10.6 Å². The third-order valence-corrected chi connectivity index (χ3v) is 3.64. The number of rotatable bonds is 4. The summed E-state index contributed by atoms with van der Waals surface area (Å²) < 4.78 is 14.2. The van der Waals surface area contributed by atoms with E-state index in [-0.39, 0.29) is 5.82 Å². The Bertz CT molecular complexity index is 833. The molecular formula is C18H17FN4. The van der Waals surface area contributed by atoms with Gasteiger partial charge in [-0.05, 0) is 48.0 Å². The molecule has 0 saturated heterocycles. The highest BCUT2D eigenvalue weighted by molar-refractivity contribution is 5.73. The molecule has 0 radical (unpaired) electrons. The van der Waals surface area contributed by atoms with Crippen molar-refractivity contribution in [2.45, 2.75) is 0 Å². The topological polar surface area (TPSA) is 49.8 Å². The maximum absolute atomic E-state index is 14.2. The zero-order chi connectivity index (χ0) is 16.2. The number of hydrogen-bond donors (Lipinski definition) is 2. The Morgan fingerprint density at radius 1 is 0.826 bits per heavy atom. The van der Waals surface area contributed by atoms with Gasteiger partial charge in [0.1, 0.15) is 11.6 Å². The van der Waals surface area contributed by atoms with Crippen molar-refractivity contribution in [2.75, 3.05) is 24.7 Å². The monoisotopic (exact) mass is 308 g/mol. The fourth-order valence-electron chi connectivity index (χ4n) is 2.38. The first kappa shape index (κ1) is 15.0. The van der Waals surface area contributed by atoms with Crippen LogP contribution in [0.15, 0.2) is 54.9 Å². The van der Waals surface area contributed by atoms with E-state index < -0.39 is 0 Å². The van der Waals surface area contributed by atoms with Crippen LogP contribution in [0, 0.1) is 5.82 Å². The van der Waals surface area contributed by atoms with Gasteiger partial charge in [0.25, 0.3) is 0 Å². The van der Waals surface area contributed by atoms with Gasteiger partial charge in [0, 0.05) is 43.3 Å². The van der Waals surface area contributed by atoms with Crippen LogP contribution in [0.2, 0.25) is 0 Å². The highest BCUT2D eigenvalue weighted by Gasteiger charge is 2.09. The van der Waals surface area contributed by atoms with Crippen LogP contribution in [-0.4, -0.2) is 24.1 Å². The van der Waals surface area contributed by atoms with Gasteiger partial charge in [0.2, 0.25) is 0 Å². The predicted octanol–water partition coefficient (Wildman–Crippen LogP) is 4.03. The van der Waals surface area contributed by atoms with Gasteiger partial charge >= 0.3 is 0 Å². The van der Waals surface area contributed by atoms with E-state index in [0.29, 0.717) is 5.56 Å². The van der Waals surface area contributed by atoms with Gasteiger partial charge in [-0.1, -0.05) is 0 Å². The van der Waals surface area contributed by atoms with Crippen molar-refractivity contribution >= 4 is 11.5 Å². The molecule has 3 rings (SSSR count). The first-order valence-corrected chi connectivity index (χ1v) is 7.29. The Labute approximate surface area is 134 Å². The van der Waals surface area contributed by atoms with Crippen LogP contribution in [0.1, 0.15) is 0 Å². The number of aromatic nitrogens is 2. The summed E-state index contributed by atoms with van der Waals surface area (Å²) in [5.74, 6) is 0.504. The fourth-order valence-corrected chi connectivity index (χ4v) is 2.38. The molecular weight excluding hydrogens is 291 g/mol. The highest BCUT2D eigenvalue weighted by atomic mass is 19.1. The maximum Gasteiger partial charge on any atom is 0.131 e. The van der Waals surface area contributed by atoms with Crippen LogP contribution in [0.3, 0.4) is 0 Å². The van der Waals surface area contributed by atoms with E-state index in [1.807, 2.05) is 38.4 Å². The van der Waals surface area contributed by atoms with E-state index in [2.05, 4.69) is 20.6 Å². The standard InChI is InChI=1S/C18H17FN4/c1-20-14-3-4-16(19)15(11-14)12-5-7-22-17(9-12)13-6-8-23-18(10-13)21-2/h3-11,20H,1-2H3,(H,21,23). The number of benzene rings is 1. The van der Waals surface area contributed by atoms with Gasteiger partial charge in [0.05, 0.1) is 5.69 Å². The van der Waals surface area contributed by atoms with Crippen molar-refractivity contribution in [1.82, 2.24) is 9.97 Å². The normalized spacial score (nSPS) is 10.4. The van der Waals surface area contributed by atoms with Crippen molar-refractivity contribution < 1.29 is 4.39 Å². The van der Waals surface area contributed by atoms with E-state index in [4.69, 9.17) is 0 Å². The van der Waals surface area contributed by atoms with E-state index in [0.717, 1.165) is 28.3 Å². The Morgan fingerprint density at radius 2 is 1.61 bits per heavy atom. The smallest absolute Gasteiger partial charge is 0.131 e. The van der Waals surface area contributed by atoms with Gasteiger partial charge in [-0.3, -0.25) is 4.98 Å². The first-order chi connectivity index (χ1) is 11.2. The number of halogens is 1. The van der Waals surface area contributed by atoms with Crippen molar-refractivity contribution in [3.05, 3.63) is 60.7 Å². The van der Waals surface area contributed by atoms with Crippen molar-refractivity contribution in [3.8, 4) is 22.4 Å². The molecule has 0 spiro atoms. The summed E-state index contributed by atoms with van der Waals surface area (Å²) in [4.78, 5) is 8.58. The minimum Gasteiger partial charge on any atom is -0.388 e. The molecule has 0 aliphatic carbocycles. The average molecular weight is 308 g/mol. The molecule has 4 nitrogen and oxygen atoms in total. The quantitative estimate of drug-likeness (QED) is 0.764. The SMILES string of the molecule is CNc1ccc(F)c(-c2ccnc(-c3ccnc(NC)c3)c2)c1. The van der Waals surface area contributed by atoms with E-state index in [1.165, 1.54) is 6.07 Å². The molecule has 0 saturated carbocycles. The Balaban J connectivity index is 2.06. The molecule has 0 aliphatic rings. The molecule has 1 aromatic carbocycles. The summed E-state index contributed by atoms with van der Waals surface area (Å²) in [6.07, 6.45) is 3.41. The second-order valence-electron chi connectivity index (χ2n) is 5.05. The molecule has 23 heavy (non-hydrogen) atoms. The molecule has 2 N–H and O–H groups in total. The summed E-state index contributed by atoms with van der Waals surface area (Å²) in [6, 6.07) is 12.4. The molecule has 0 fully saturated rings. The third-order valence-electron chi connectivity index (χ3n) is 3.64. The van der Waals surface area contributed by atoms with E-state index in [9.17, 15) is 4.39 Å². The summed E-state index contributed by atoms with van der Waals surface area (Å²) >= 11 is 0. The fraction of sp³-hybridized carbons (Fsp3) is 0.111. The molecule has 5 heteroatoms. The lowest BCUT2D eigenvalue weighted by Gasteiger charge is -2.09. The Kier molecular flexibility index (Phi) is 4.19. The molecule has 116 valence electrons. The zero-order valence-corrected chi connectivity index (χ0v) is 13.0. The molecule has 3 aromatic rings. The average Bonchev–Trinajstić information content (AvgIpc) is 2.62.